The average molecular weight is 412 g/mol. The Morgan fingerprint density at radius 1 is 1.07 bits per heavy atom. The van der Waals surface area contributed by atoms with Gasteiger partial charge in [-0.3, -0.25) is 9.59 Å². The van der Waals surface area contributed by atoms with Crippen LogP contribution < -0.4 is 15.0 Å². The largest absolute Gasteiger partial charge is 0.484 e. The Balaban J connectivity index is 1.19. The second-order valence-corrected chi connectivity index (χ2v) is 7.94. The minimum Gasteiger partial charge on any atom is -0.484 e. The van der Waals surface area contributed by atoms with Gasteiger partial charge in [0.2, 0.25) is 0 Å². The Bertz CT molecular complexity index is 926. The number of benzene rings is 2. The van der Waals surface area contributed by atoms with Gasteiger partial charge < -0.3 is 19.9 Å². The van der Waals surface area contributed by atoms with Crippen LogP contribution in [0.4, 0.5) is 10.1 Å². The third-order valence-electron chi connectivity index (χ3n) is 5.77. The summed E-state index contributed by atoms with van der Waals surface area (Å²) in [5.74, 6) is 0.186. The lowest BCUT2D eigenvalue weighted by Gasteiger charge is -2.31. The second-order valence-electron chi connectivity index (χ2n) is 7.94. The molecule has 0 atom stereocenters. The minimum atomic E-state index is -0.380. The van der Waals surface area contributed by atoms with Gasteiger partial charge >= 0.3 is 0 Å². The lowest BCUT2D eigenvalue weighted by atomic mass is 10.1. The van der Waals surface area contributed by atoms with Crippen LogP contribution in [0.2, 0.25) is 0 Å². The number of ether oxygens (including phenoxy) is 1. The Labute approximate surface area is 175 Å². The van der Waals surface area contributed by atoms with E-state index in [9.17, 15) is 14.0 Å². The summed E-state index contributed by atoms with van der Waals surface area (Å²) in [6.07, 6.45) is 3.39. The van der Waals surface area contributed by atoms with E-state index in [1.807, 2.05) is 6.07 Å². The number of nitrogens with zero attached hydrogens (tertiary/aromatic N) is 1. The number of piperazine rings is 1. The Morgan fingerprint density at radius 2 is 1.87 bits per heavy atom. The van der Waals surface area contributed by atoms with E-state index in [-0.39, 0.29) is 24.2 Å². The van der Waals surface area contributed by atoms with Crippen molar-refractivity contribution < 1.29 is 23.6 Å². The number of quaternary nitrogens is 1. The highest BCUT2D eigenvalue weighted by molar-refractivity contribution is 5.91. The third-order valence-corrected chi connectivity index (χ3v) is 5.77. The first-order valence-electron chi connectivity index (χ1n) is 10.5. The molecule has 7 heteroatoms. The summed E-state index contributed by atoms with van der Waals surface area (Å²) in [5.41, 5.74) is 3.17. The number of halogens is 1. The topological polar surface area (TPSA) is 63.1 Å². The zero-order chi connectivity index (χ0) is 20.9. The van der Waals surface area contributed by atoms with E-state index in [4.69, 9.17) is 4.74 Å². The number of hydrogen-bond acceptors (Lipinski definition) is 3. The molecule has 6 nitrogen and oxygen atoms in total. The molecule has 4 rings (SSSR count). The van der Waals surface area contributed by atoms with Crippen molar-refractivity contribution in [1.82, 2.24) is 4.90 Å². The summed E-state index contributed by atoms with van der Waals surface area (Å²) >= 11 is 0. The quantitative estimate of drug-likeness (QED) is 0.746. The molecule has 2 aliphatic rings. The molecule has 1 saturated heterocycles. The van der Waals surface area contributed by atoms with Crippen LogP contribution in [0.1, 0.15) is 17.5 Å². The molecule has 0 unspecified atom stereocenters. The first-order valence-corrected chi connectivity index (χ1v) is 10.5. The number of carbonyl (C=O) groups is 2. The van der Waals surface area contributed by atoms with Gasteiger partial charge in [0.05, 0.1) is 26.2 Å². The number of aryl methyl sites for hydroxylation is 2. The van der Waals surface area contributed by atoms with Crippen molar-refractivity contribution in [1.29, 1.82) is 0 Å². The fourth-order valence-electron chi connectivity index (χ4n) is 4.12. The van der Waals surface area contributed by atoms with Crippen LogP contribution in [0, 0.1) is 5.82 Å². The van der Waals surface area contributed by atoms with Crippen molar-refractivity contribution in [3.63, 3.8) is 0 Å². The summed E-state index contributed by atoms with van der Waals surface area (Å²) in [5, 5.41) is 2.72. The molecule has 0 radical (unpaired) electrons. The van der Waals surface area contributed by atoms with E-state index < -0.39 is 0 Å². The minimum absolute atomic E-state index is 0.0289. The molecule has 0 bridgehead atoms. The van der Waals surface area contributed by atoms with Crippen molar-refractivity contribution in [3.05, 3.63) is 59.4 Å². The van der Waals surface area contributed by atoms with Gasteiger partial charge in [-0.15, -0.1) is 0 Å². The van der Waals surface area contributed by atoms with E-state index >= 15 is 0 Å². The molecular weight excluding hydrogens is 385 g/mol. The molecule has 2 aromatic rings. The molecule has 2 aromatic carbocycles. The number of rotatable bonds is 6. The zero-order valence-corrected chi connectivity index (χ0v) is 17.0. The summed E-state index contributed by atoms with van der Waals surface area (Å²) in [6, 6.07) is 11.9. The molecule has 158 valence electrons. The Kier molecular flexibility index (Phi) is 6.28. The molecule has 0 saturated carbocycles. The predicted molar refractivity (Wildman–Crippen MR) is 111 cm³/mol. The first-order chi connectivity index (χ1) is 14.6. The summed E-state index contributed by atoms with van der Waals surface area (Å²) in [7, 11) is 0. The molecule has 2 N–H and O–H groups in total. The van der Waals surface area contributed by atoms with Gasteiger partial charge in [0.1, 0.15) is 11.6 Å². The Hall–Kier alpha value is -2.93. The first kappa shape index (κ1) is 20.3. The maximum absolute atomic E-state index is 13.2. The SMILES string of the molecule is O=C(C[NH+]1CCN(C(=O)COc2ccc3c(c2)CCC3)CC1)Nc1cccc(F)c1. The lowest BCUT2D eigenvalue weighted by Crippen LogP contribution is -3.15. The molecule has 1 fully saturated rings. The van der Waals surface area contributed by atoms with Crippen LogP contribution >= 0.6 is 0 Å². The molecule has 30 heavy (non-hydrogen) atoms. The molecule has 1 heterocycles. The number of carbonyl (C=O) groups excluding carboxylic acids is 2. The monoisotopic (exact) mass is 412 g/mol. The zero-order valence-electron chi connectivity index (χ0n) is 17.0. The van der Waals surface area contributed by atoms with Gasteiger partial charge in [0.15, 0.2) is 13.2 Å². The lowest BCUT2D eigenvalue weighted by molar-refractivity contribution is -0.895. The Morgan fingerprint density at radius 3 is 2.67 bits per heavy atom. The molecule has 0 aromatic heterocycles. The fourth-order valence-corrected chi connectivity index (χ4v) is 4.12. The van der Waals surface area contributed by atoms with E-state index in [1.165, 1.54) is 29.7 Å². The van der Waals surface area contributed by atoms with E-state index in [1.54, 1.807) is 17.0 Å². The molecule has 1 aliphatic heterocycles. The summed E-state index contributed by atoms with van der Waals surface area (Å²) in [6.45, 7) is 2.91. The average Bonchev–Trinajstić information content (AvgIpc) is 3.20. The number of amides is 2. The van der Waals surface area contributed by atoms with Crippen molar-refractivity contribution in [2.24, 2.45) is 0 Å². The number of hydrogen-bond donors (Lipinski definition) is 2. The van der Waals surface area contributed by atoms with Crippen LogP contribution in [0.15, 0.2) is 42.5 Å². The fraction of sp³-hybridized carbons (Fsp3) is 0.391. The van der Waals surface area contributed by atoms with E-state index in [2.05, 4.69) is 17.4 Å². The number of anilines is 1. The van der Waals surface area contributed by atoms with E-state index in [0.29, 0.717) is 38.4 Å². The van der Waals surface area contributed by atoms with Crippen LogP contribution in [-0.4, -0.2) is 56.0 Å². The van der Waals surface area contributed by atoms with Gasteiger partial charge in [0, 0.05) is 5.69 Å². The maximum atomic E-state index is 13.2. The van der Waals surface area contributed by atoms with Crippen LogP contribution in [0.25, 0.3) is 0 Å². The standard InChI is InChI=1S/C23H26FN3O3/c24-19-5-2-6-20(14-19)25-22(28)15-26-9-11-27(12-10-26)23(29)16-30-21-8-7-17-3-1-4-18(17)13-21/h2,5-8,13-14H,1,3-4,9-12,15-16H2,(H,25,28)/p+1. The highest BCUT2D eigenvalue weighted by Gasteiger charge is 2.25. The number of nitrogens with one attached hydrogen (secondary N) is 2. The van der Waals surface area contributed by atoms with Gasteiger partial charge in [-0.05, 0) is 60.7 Å². The van der Waals surface area contributed by atoms with E-state index in [0.717, 1.165) is 23.5 Å². The van der Waals surface area contributed by atoms with Gasteiger partial charge in [0.25, 0.3) is 11.8 Å². The predicted octanol–water partition coefficient (Wildman–Crippen LogP) is 1.06. The molecule has 2 amide bonds. The maximum Gasteiger partial charge on any atom is 0.279 e. The second kappa shape index (κ2) is 9.26. The van der Waals surface area contributed by atoms with Crippen molar-refractivity contribution >= 4 is 17.5 Å². The van der Waals surface area contributed by atoms with Gasteiger partial charge in [-0.2, -0.15) is 0 Å². The highest BCUT2D eigenvalue weighted by Crippen LogP contribution is 2.26. The van der Waals surface area contributed by atoms with Crippen LogP contribution in [-0.2, 0) is 22.4 Å². The highest BCUT2D eigenvalue weighted by atomic mass is 19.1. The smallest absolute Gasteiger partial charge is 0.279 e. The van der Waals surface area contributed by atoms with Gasteiger partial charge in [-0.1, -0.05) is 12.1 Å². The van der Waals surface area contributed by atoms with Crippen LogP contribution in [0.3, 0.4) is 0 Å². The molecular formula is C23H27FN3O3+. The third kappa shape index (κ3) is 5.16. The molecule has 0 spiro atoms. The van der Waals surface area contributed by atoms with Crippen molar-refractivity contribution in [3.8, 4) is 5.75 Å². The summed E-state index contributed by atoms with van der Waals surface area (Å²) < 4.78 is 18.9. The summed E-state index contributed by atoms with van der Waals surface area (Å²) in [4.78, 5) is 27.6. The normalized spacial score (nSPS) is 16.2. The van der Waals surface area contributed by atoms with Crippen molar-refractivity contribution in [2.75, 3.05) is 44.6 Å². The number of fused-ring (bicyclic) bond motifs is 1. The van der Waals surface area contributed by atoms with Crippen LogP contribution in [0.5, 0.6) is 5.75 Å². The molecule has 1 aliphatic carbocycles. The van der Waals surface area contributed by atoms with Crippen molar-refractivity contribution in [2.45, 2.75) is 19.3 Å². The van der Waals surface area contributed by atoms with Gasteiger partial charge in [-0.25, -0.2) is 4.39 Å².